The third kappa shape index (κ3) is 3.74. The van der Waals surface area contributed by atoms with Gasteiger partial charge in [0.05, 0.1) is 6.61 Å². The van der Waals surface area contributed by atoms with Crippen molar-refractivity contribution in [3.63, 3.8) is 0 Å². The number of rotatable bonds is 6. The third-order valence-corrected chi connectivity index (χ3v) is 5.45. The molecule has 0 aromatic heterocycles. The van der Waals surface area contributed by atoms with Crippen LogP contribution in [0.1, 0.15) is 38.2 Å². The van der Waals surface area contributed by atoms with Gasteiger partial charge in [-0.2, -0.15) is 0 Å². The zero-order valence-electron chi connectivity index (χ0n) is 12.0. The van der Waals surface area contributed by atoms with E-state index in [0.29, 0.717) is 5.25 Å². The molecule has 19 heavy (non-hydrogen) atoms. The summed E-state index contributed by atoms with van der Waals surface area (Å²) in [6.45, 7) is 5.61. The average molecular weight is 279 g/mol. The number of benzene rings is 1. The van der Waals surface area contributed by atoms with Crippen molar-refractivity contribution in [3.8, 4) is 0 Å². The predicted octanol–water partition coefficient (Wildman–Crippen LogP) is 3.37. The van der Waals surface area contributed by atoms with E-state index in [0.717, 1.165) is 25.8 Å². The predicted molar refractivity (Wildman–Crippen MR) is 82.8 cm³/mol. The van der Waals surface area contributed by atoms with E-state index in [2.05, 4.69) is 43.4 Å². The molecular weight excluding hydrogens is 254 g/mol. The molecule has 3 heteroatoms. The summed E-state index contributed by atoms with van der Waals surface area (Å²) in [5, 5.41) is 13.9. The van der Waals surface area contributed by atoms with Gasteiger partial charge < -0.3 is 10.4 Å². The van der Waals surface area contributed by atoms with Gasteiger partial charge in [-0.3, -0.25) is 0 Å². The number of hydrogen-bond donors (Lipinski definition) is 2. The Labute approximate surface area is 121 Å². The molecule has 1 fully saturated rings. The van der Waals surface area contributed by atoms with Crippen molar-refractivity contribution >= 4 is 11.8 Å². The van der Waals surface area contributed by atoms with Gasteiger partial charge in [0.2, 0.25) is 0 Å². The van der Waals surface area contributed by atoms with E-state index in [-0.39, 0.29) is 12.1 Å². The first kappa shape index (κ1) is 14.9. The fourth-order valence-electron chi connectivity index (χ4n) is 2.80. The summed E-state index contributed by atoms with van der Waals surface area (Å²) in [4.78, 5) is 1.39. The lowest BCUT2D eigenvalue weighted by Crippen LogP contribution is -2.46. The highest BCUT2D eigenvalue weighted by atomic mass is 32.2. The van der Waals surface area contributed by atoms with E-state index in [4.69, 9.17) is 0 Å². The topological polar surface area (TPSA) is 32.3 Å². The normalized spacial score (nSPS) is 26.8. The molecule has 0 aliphatic heterocycles. The highest BCUT2D eigenvalue weighted by Crippen LogP contribution is 2.40. The Balaban J connectivity index is 1.96. The molecule has 2 N–H and O–H groups in total. The number of thioether (sulfide) groups is 1. The van der Waals surface area contributed by atoms with Gasteiger partial charge in [0.1, 0.15) is 0 Å². The lowest BCUT2D eigenvalue weighted by Gasteiger charge is -2.28. The molecule has 2 atom stereocenters. The summed E-state index contributed by atoms with van der Waals surface area (Å²) in [7, 11) is 0. The van der Waals surface area contributed by atoms with Crippen LogP contribution in [0.25, 0.3) is 0 Å². The van der Waals surface area contributed by atoms with Crippen LogP contribution in [0.2, 0.25) is 0 Å². The molecule has 0 heterocycles. The van der Waals surface area contributed by atoms with Crippen molar-refractivity contribution in [3.05, 3.63) is 29.8 Å². The largest absolute Gasteiger partial charge is 0.394 e. The Hall–Kier alpha value is -0.510. The lowest BCUT2D eigenvalue weighted by atomic mass is 9.99. The maximum atomic E-state index is 9.71. The third-order valence-electron chi connectivity index (χ3n) is 4.00. The molecule has 1 saturated carbocycles. The van der Waals surface area contributed by atoms with Crippen LogP contribution in [0.15, 0.2) is 29.2 Å². The van der Waals surface area contributed by atoms with Gasteiger partial charge in [-0.25, -0.2) is 0 Å². The first-order valence-corrected chi connectivity index (χ1v) is 8.15. The second-order valence-electron chi connectivity index (χ2n) is 5.61. The van der Waals surface area contributed by atoms with Crippen molar-refractivity contribution in [2.24, 2.45) is 0 Å². The van der Waals surface area contributed by atoms with Gasteiger partial charge in [0.15, 0.2) is 0 Å². The van der Waals surface area contributed by atoms with Crippen LogP contribution >= 0.6 is 11.8 Å². The van der Waals surface area contributed by atoms with E-state index in [1.165, 1.54) is 16.9 Å². The standard InChI is InChI=1S/C16H25NOS/c1-3-10-17-16(12-18)9-8-14(11-16)19-15-7-5-4-6-13(15)2/h4-7,14,17-18H,3,8-12H2,1-2H3. The van der Waals surface area contributed by atoms with Gasteiger partial charge >= 0.3 is 0 Å². The first-order valence-electron chi connectivity index (χ1n) is 7.27. The fraction of sp³-hybridized carbons (Fsp3) is 0.625. The smallest absolute Gasteiger partial charge is 0.0613 e. The molecule has 0 saturated heterocycles. The number of aliphatic hydroxyl groups excluding tert-OH is 1. The maximum Gasteiger partial charge on any atom is 0.0613 e. The summed E-state index contributed by atoms with van der Waals surface area (Å²) in [5.74, 6) is 0. The molecule has 2 unspecified atom stereocenters. The number of hydrogen-bond acceptors (Lipinski definition) is 3. The Morgan fingerprint density at radius 3 is 2.89 bits per heavy atom. The van der Waals surface area contributed by atoms with Crippen LogP contribution in [0.5, 0.6) is 0 Å². The SMILES string of the molecule is CCCNC1(CO)CCC(Sc2ccccc2C)C1. The molecule has 1 aliphatic rings. The number of aliphatic hydroxyl groups is 1. The Bertz CT molecular complexity index is 409. The number of aryl methyl sites for hydroxylation is 1. The van der Waals surface area contributed by atoms with Crippen LogP contribution in [0, 0.1) is 6.92 Å². The summed E-state index contributed by atoms with van der Waals surface area (Å²) < 4.78 is 0. The Morgan fingerprint density at radius 2 is 2.21 bits per heavy atom. The summed E-state index contributed by atoms with van der Waals surface area (Å²) in [6.07, 6.45) is 4.48. The maximum absolute atomic E-state index is 9.71. The Kier molecular flexibility index (Phi) is 5.31. The molecule has 2 rings (SSSR count). The summed E-state index contributed by atoms with van der Waals surface area (Å²) >= 11 is 1.98. The van der Waals surface area contributed by atoms with Crippen molar-refractivity contribution in [1.82, 2.24) is 5.32 Å². The number of nitrogens with one attached hydrogen (secondary N) is 1. The molecule has 0 radical (unpaired) electrons. The molecule has 0 bridgehead atoms. The molecule has 1 aromatic carbocycles. The van der Waals surface area contributed by atoms with Crippen molar-refractivity contribution in [2.45, 2.75) is 55.2 Å². The molecule has 1 aromatic rings. The highest BCUT2D eigenvalue weighted by molar-refractivity contribution is 8.00. The highest BCUT2D eigenvalue weighted by Gasteiger charge is 2.38. The van der Waals surface area contributed by atoms with Gasteiger partial charge in [0.25, 0.3) is 0 Å². The zero-order valence-corrected chi connectivity index (χ0v) is 12.8. The molecule has 2 nitrogen and oxygen atoms in total. The first-order chi connectivity index (χ1) is 9.19. The minimum absolute atomic E-state index is 0.0314. The molecule has 0 spiro atoms. The molecular formula is C16H25NOS. The summed E-state index contributed by atoms with van der Waals surface area (Å²) in [6, 6.07) is 8.58. The minimum Gasteiger partial charge on any atom is -0.394 e. The van der Waals surface area contributed by atoms with Gasteiger partial charge in [0, 0.05) is 15.7 Å². The van der Waals surface area contributed by atoms with Crippen molar-refractivity contribution < 1.29 is 5.11 Å². The minimum atomic E-state index is -0.0314. The van der Waals surface area contributed by atoms with Crippen molar-refractivity contribution in [2.75, 3.05) is 13.2 Å². The van der Waals surface area contributed by atoms with Crippen LogP contribution < -0.4 is 5.32 Å². The van der Waals surface area contributed by atoms with E-state index in [1.54, 1.807) is 0 Å². The lowest BCUT2D eigenvalue weighted by molar-refractivity contribution is 0.165. The van der Waals surface area contributed by atoms with Crippen LogP contribution in [-0.4, -0.2) is 29.0 Å². The van der Waals surface area contributed by atoms with Gasteiger partial charge in [-0.15, -0.1) is 11.8 Å². The van der Waals surface area contributed by atoms with E-state index >= 15 is 0 Å². The van der Waals surface area contributed by atoms with E-state index in [1.807, 2.05) is 11.8 Å². The van der Waals surface area contributed by atoms with Gasteiger partial charge in [-0.1, -0.05) is 25.1 Å². The quantitative estimate of drug-likeness (QED) is 0.837. The second-order valence-corrected chi connectivity index (χ2v) is 6.96. The molecule has 1 aliphatic carbocycles. The Morgan fingerprint density at radius 1 is 1.42 bits per heavy atom. The van der Waals surface area contributed by atoms with E-state index in [9.17, 15) is 5.11 Å². The van der Waals surface area contributed by atoms with Crippen LogP contribution in [0.3, 0.4) is 0 Å². The monoisotopic (exact) mass is 279 g/mol. The van der Waals surface area contributed by atoms with Crippen LogP contribution in [-0.2, 0) is 0 Å². The fourth-order valence-corrected chi connectivity index (χ4v) is 4.20. The second kappa shape index (κ2) is 6.78. The average Bonchev–Trinajstić information content (AvgIpc) is 2.83. The van der Waals surface area contributed by atoms with Crippen LogP contribution in [0.4, 0.5) is 0 Å². The molecule has 0 amide bonds. The van der Waals surface area contributed by atoms with E-state index < -0.39 is 0 Å². The molecule has 106 valence electrons. The van der Waals surface area contributed by atoms with Crippen molar-refractivity contribution in [1.29, 1.82) is 0 Å². The summed E-state index contributed by atoms with van der Waals surface area (Å²) in [5.41, 5.74) is 1.33. The zero-order chi connectivity index (χ0) is 13.7. The van der Waals surface area contributed by atoms with Gasteiger partial charge in [-0.05, 0) is 50.8 Å².